The number of rotatable bonds is 6. The van der Waals surface area contributed by atoms with E-state index in [2.05, 4.69) is 6.92 Å². The summed E-state index contributed by atoms with van der Waals surface area (Å²) in [5.41, 5.74) is 0. The van der Waals surface area contributed by atoms with Crippen molar-refractivity contribution in [3.8, 4) is 0 Å². The molecule has 0 aromatic rings. The number of halogens is 2. The number of ether oxygens (including phenoxy) is 1. The SMILES string of the molecule is CCC/C=C/C(C=C(Cl)Cl)C(=O)OCC. The predicted octanol–water partition coefficient (Wildman–Crippen LogP) is 3.84. The highest BCUT2D eigenvalue weighted by Crippen LogP contribution is 2.14. The zero-order valence-electron chi connectivity index (χ0n) is 9.00. The molecule has 0 bridgehead atoms. The van der Waals surface area contributed by atoms with Gasteiger partial charge in [0.25, 0.3) is 0 Å². The van der Waals surface area contributed by atoms with Crippen LogP contribution in [0.2, 0.25) is 0 Å². The van der Waals surface area contributed by atoms with Crippen LogP contribution in [0.1, 0.15) is 26.7 Å². The van der Waals surface area contributed by atoms with Crippen LogP contribution in [0.4, 0.5) is 0 Å². The molecule has 0 heterocycles. The second-order valence-electron chi connectivity index (χ2n) is 2.95. The molecular weight excluding hydrogens is 235 g/mol. The summed E-state index contributed by atoms with van der Waals surface area (Å²) >= 11 is 11.0. The van der Waals surface area contributed by atoms with Crippen LogP contribution in [-0.2, 0) is 9.53 Å². The molecule has 15 heavy (non-hydrogen) atoms. The first-order chi connectivity index (χ1) is 7.11. The average molecular weight is 251 g/mol. The second-order valence-corrected chi connectivity index (χ2v) is 3.96. The molecule has 4 heteroatoms. The topological polar surface area (TPSA) is 26.3 Å². The number of hydrogen-bond acceptors (Lipinski definition) is 2. The average Bonchev–Trinajstić information content (AvgIpc) is 2.16. The molecule has 0 aromatic carbocycles. The second kappa shape index (κ2) is 8.81. The van der Waals surface area contributed by atoms with Crippen LogP contribution in [0.5, 0.6) is 0 Å². The molecule has 0 aliphatic heterocycles. The minimum atomic E-state index is -0.485. The lowest BCUT2D eigenvalue weighted by Crippen LogP contribution is -2.13. The molecular formula is C11H16Cl2O2. The molecule has 0 amide bonds. The van der Waals surface area contributed by atoms with Crippen molar-refractivity contribution in [3.05, 3.63) is 22.7 Å². The maximum atomic E-state index is 11.4. The fraction of sp³-hybridized carbons (Fsp3) is 0.545. The van der Waals surface area contributed by atoms with Gasteiger partial charge in [0.05, 0.1) is 12.5 Å². The van der Waals surface area contributed by atoms with E-state index in [1.165, 1.54) is 6.08 Å². The molecule has 1 atom stereocenters. The van der Waals surface area contributed by atoms with Crippen molar-refractivity contribution in [2.24, 2.45) is 5.92 Å². The molecule has 1 unspecified atom stereocenters. The molecule has 0 saturated carbocycles. The first-order valence-corrected chi connectivity index (χ1v) is 5.73. The molecule has 2 nitrogen and oxygen atoms in total. The molecule has 0 radical (unpaired) electrons. The Kier molecular flexibility index (Phi) is 8.53. The fourth-order valence-electron chi connectivity index (χ4n) is 0.986. The molecule has 0 aliphatic rings. The van der Waals surface area contributed by atoms with Crippen LogP contribution in [0.3, 0.4) is 0 Å². The highest BCUT2D eigenvalue weighted by atomic mass is 35.5. The van der Waals surface area contributed by atoms with Gasteiger partial charge in [0.1, 0.15) is 4.49 Å². The normalized spacial score (nSPS) is 12.5. The van der Waals surface area contributed by atoms with E-state index in [1.807, 2.05) is 6.08 Å². The minimum absolute atomic E-state index is 0.0780. The van der Waals surface area contributed by atoms with E-state index in [-0.39, 0.29) is 10.5 Å². The first kappa shape index (κ1) is 14.5. The summed E-state index contributed by atoms with van der Waals surface area (Å²) in [5.74, 6) is -0.815. The minimum Gasteiger partial charge on any atom is -0.465 e. The van der Waals surface area contributed by atoms with Gasteiger partial charge in [-0.2, -0.15) is 0 Å². The highest BCUT2D eigenvalue weighted by molar-refractivity contribution is 6.55. The number of esters is 1. The molecule has 0 N–H and O–H groups in total. The van der Waals surface area contributed by atoms with Crippen LogP contribution in [0, 0.1) is 5.92 Å². The quantitative estimate of drug-likeness (QED) is 0.529. The molecule has 86 valence electrons. The summed E-state index contributed by atoms with van der Waals surface area (Å²) in [6.45, 7) is 4.18. The number of unbranched alkanes of at least 4 members (excludes halogenated alkanes) is 1. The third kappa shape index (κ3) is 7.46. The van der Waals surface area contributed by atoms with Crippen LogP contribution in [0.25, 0.3) is 0 Å². The summed E-state index contributed by atoms with van der Waals surface area (Å²) in [6.07, 6.45) is 7.10. The number of carbonyl (C=O) groups is 1. The van der Waals surface area contributed by atoms with Gasteiger partial charge in [-0.25, -0.2) is 0 Å². The zero-order valence-corrected chi connectivity index (χ0v) is 10.5. The summed E-state index contributed by atoms with van der Waals surface area (Å²) in [6, 6.07) is 0. The Morgan fingerprint density at radius 3 is 2.53 bits per heavy atom. The van der Waals surface area contributed by atoms with E-state index in [0.717, 1.165) is 12.8 Å². The van der Waals surface area contributed by atoms with Crippen molar-refractivity contribution in [3.63, 3.8) is 0 Å². The van der Waals surface area contributed by atoms with Gasteiger partial charge in [0.2, 0.25) is 0 Å². The van der Waals surface area contributed by atoms with E-state index in [9.17, 15) is 4.79 Å². The van der Waals surface area contributed by atoms with Crippen molar-refractivity contribution in [1.29, 1.82) is 0 Å². The van der Waals surface area contributed by atoms with E-state index in [1.54, 1.807) is 13.0 Å². The lowest BCUT2D eigenvalue weighted by Gasteiger charge is -2.06. The third-order valence-electron chi connectivity index (χ3n) is 1.66. The third-order valence-corrected chi connectivity index (χ3v) is 1.92. The lowest BCUT2D eigenvalue weighted by molar-refractivity contribution is -0.144. The van der Waals surface area contributed by atoms with E-state index >= 15 is 0 Å². The van der Waals surface area contributed by atoms with Crippen LogP contribution in [-0.4, -0.2) is 12.6 Å². The largest absolute Gasteiger partial charge is 0.465 e. The molecule has 0 fully saturated rings. The van der Waals surface area contributed by atoms with Crippen molar-refractivity contribution < 1.29 is 9.53 Å². The summed E-state index contributed by atoms with van der Waals surface area (Å²) in [4.78, 5) is 11.4. The smallest absolute Gasteiger partial charge is 0.316 e. The van der Waals surface area contributed by atoms with Crippen molar-refractivity contribution in [2.45, 2.75) is 26.7 Å². The van der Waals surface area contributed by atoms with E-state index < -0.39 is 5.92 Å². The van der Waals surface area contributed by atoms with Crippen molar-refractivity contribution in [2.75, 3.05) is 6.61 Å². The van der Waals surface area contributed by atoms with Gasteiger partial charge < -0.3 is 4.74 Å². The lowest BCUT2D eigenvalue weighted by atomic mass is 10.1. The van der Waals surface area contributed by atoms with Gasteiger partial charge in [-0.05, 0) is 19.4 Å². The van der Waals surface area contributed by atoms with Gasteiger partial charge in [0.15, 0.2) is 0 Å². The summed E-state index contributed by atoms with van der Waals surface area (Å²) in [5, 5.41) is 0. The number of hydrogen-bond donors (Lipinski definition) is 0. The van der Waals surface area contributed by atoms with Crippen molar-refractivity contribution in [1.82, 2.24) is 0 Å². The molecule has 0 aliphatic carbocycles. The Morgan fingerprint density at radius 1 is 1.40 bits per heavy atom. The number of carbonyl (C=O) groups excluding carboxylic acids is 1. The van der Waals surface area contributed by atoms with Crippen molar-refractivity contribution >= 4 is 29.2 Å². The van der Waals surface area contributed by atoms with Crippen LogP contribution in [0.15, 0.2) is 22.7 Å². The molecule has 0 saturated heterocycles. The molecule has 0 aromatic heterocycles. The summed E-state index contributed by atoms with van der Waals surface area (Å²) in [7, 11) is 0. The molecule has 0 rings (SSSR count). The Labute approximate surface area is 101 Å². The van der Waals surface area contributed by atoms with Gasteiger partial charge in [-0.15, -0.1) is 0 Å². The van der Waals surface area contributed by atoms with Crippen LogP contribution >= 0.6 is 23.2 Å². The number of allylic oxidation sites excluding steroid dienone is 1. The maximum Gasteiger partial charge on any atom is 0.316 e. The molecule has 0 spiro atoms. The monoisotopic (exact) mass is 250 g/mol. The van der Waals surface area contributed by atoms with Gasteiger partial charge >= 0.3 is 5.97 Å². The van der Waals surface area contributed by atoms with Crippen LogP contribution < -0.4 is 0 Å². The first-order valence-electron chi connectivity index (χ1n) is 4.97. The standard InChI is InChI=1S/C11H16Cl2O2/c1-3-5-6-7-9(8-10(12)13)11(14)15-4-2/h6-9H,3-5H2,1-2H3/b7-6+. The van der Waals surface area contributed by atoms with Gasteiger partial charge in [0, 0.05) is 0 Å². The van der Waals surface area contributed by atoms with Gasteiger partial charge in [-0.3, -0.25) is 4.79 Å². The Bertz CT molecular complexity index is 243. The Hall–Kier alpha value is -0.470. The Balaban J connectivity index is 4.44. The maximum absolute atomic E-state index is 11.4. The summed E-state index contributed by atoms with van der Waals surface area (Å²) < 4.78 is 4.96. The predicted molar refractivity (Wildman–Crippen MR) is 64.0 cm³/mol. The van der Waals surface area contributed by atoms with Gasteiger partial charge in [-0.1, -0.05) is 48.7 Å². The van der Waals surface area contributed by atoms with E-state index in [0.29, 0.717) is 6.61 Å². The Morgan fingerprint density at radius 2 is 2.07 bits per heavy atom. The van der Waals surface area contributed by atoms with E-state index in [4.69, 9.17) is 27.9 Å². The highest BCUT2D eigenvalue weighted by Gasteiger charge is 2.13. The zero-order chi connectivity index (χ0) is 11.7. The fourth-order valence-corrected chi connectivity index (χ4v) is 1.26.